The van der Waals surface area contributed by atoms with Crippen LogP contribution in [0.3, 0.4) is 0 Å². The van der Waals surface area contributed by atoms with Crippen LogP contribution in [0.4, 0.5) is 30.2 Å². The van der Waals surface area contributed by atoms with Crippen molar-refractivity contribution in [3.8, 4) is 34.5 Å². The van der Waals surface area contributed by atoms with Gasteiger partial charge in [0, 0.05) is 46.2 Å². The molecule has 0 unspecified atom stereocenters. The van der Waals surface area contributed by atoms with Crippen LogP contribution >= 0.6 is 0 Å². The van der Waals surface area contributed by atoms with Crippen molar-refractivity contribution < 1.29 is 27.4 Å². The van der Waals surface area contributed by atoms with E-state index in [-0.39, 0.29) is 27.9 Å². The molecule has 0 atom stereocenters. The van der Waals surface area contributed by atoms with Crippen molar-refractivity contribution in [1.82, 2.24) is 0 Å². The molecule has 4 aromatic rings. The van der Waals surface area contributed by atoms with E-state index in [1.807, 2.05) is 6.07 Å². The lowest BCUT2D eigenvalue weighted by molar-refractivity contribution is -0.0110. The van der Waals surface area contributed by atoms with E-state index in [2.05, 4.69) is 0 Å². The van der Waals surface area contributed by atoms with Gasteiger partial charge in [-0.2, -0.15) is 0 Å². The molecule has 0 aliphatic heterocycles. The molecule has 8 aliphatic rings. The molecule has 0 radical (unpaired) electrons. The van der Waals surface area contributed by atoms with E-state index in [1.54, 1.807) is 24.3 Å². The maximum Gasteiger partial charge on any atom is 0.146 e. The number of ether oxygens (including phenoxy) is 3. The fourth-order valence-corrected chi connectivity index (χ4v) is 12.8. The zero-order valence-electron chi connectivity index (χ0n) is 29.8. The summed E-state index contributed by atoms with van der Waals surface area (Å²) in [5.74, 6) is 5.09. The summed E-state index contributed by atoms with van der Waals surface area (Å²) in [4.78, 5) is 0. The van der Waals surface area contributed by atoms with Crippen LogP contribution in [-0.2, 0) is 10.8 Å². The Labute approximate surface area is 308 Å². The fraction of sp³-hybridized carbons (Fsp3) is 0.455. The van der Waals surface area contributed by atoms with Crippen LogP contribution in [0.5, 0.6) is 34.5 Å². The lowest BCUT2D eigenvalue weighted by atomic mass is 9.46. The van der Waals surface area contributed by atoms with Gasteiger partial charge in [0.15, 0.2) is 0 Å². The standard InChI is InChI=1S/C44H46F3N3O3/c45-32-4-1-29(13-35(32)48)51-38-16-39(52-30-2-5-33(46)36(49)14-30)41(44-20-26-10-27(21-44)12-28(11-26)22-44)42(53-31-3-6-34(47)37(50)15-31)40(38)43-17-23-7-24(18-43)9-25(8-23)19-43/h1-6,13-16,23-28H,7-12,17-22,48-50H2. The zero-order chi connectivity index (χ0) is 36.2. The summed E-state index contributed by atoms with van der Waals surface area (Å²) < 4.78 is 64.6. The molecule has 0 heterocycles. The minimum absolute atomic E-state index is 0.00246. The third kappa shape index (κ3) is 5.59. The summed E-state index contributed by atoms with van der Waals surface area (Å²) in [5, 5.41) is 0. The molecule has 0 spiro atoms. The number of nitrogens with two attached hydrogens (primary N) is 3. The van der Waals surface area contributed by atoms with Gasteiger partial charge in [0.05, 0.1) is 17.1 Å². The number of anilines is 3. The minimum atomic E-state index is -0.522. The van der Waals surface area contributed by atoms with E-state index >= 15 is 0 Å². The Morgan fingerprint density at radius 1 is 0.434 bits per heavy atom. The van der Waals surface area contributed by atoms with Crippen LogP contribution in [0, 0.1) is 53.0 Å². The largest absolute Gasteiger partial charge is 0.457 e. The molecule has 0 aromatic heterocycles. The van der Waals surface area contributed by atoms with Crippen LogP contribution in [0.15, 0.2) is 60.7 Å². The van der Waals surface area contributed by atoms with E-state index < -0.39 is 17.5 Å². The van der Waals surface area contributed by atoms with Gasteiger partial charge in [-0.1, -0.05) is 0 Å². The van der Waals surface area contributed by atoms with E-state index in [1.165, 1.54) is 68.9 Å². The molecule has 276 valence electrons. The summed E-state index contributed by atoms with van der Waals surface area (Å²) >= 11 is 0. The van der Waals surface area contributed by atoms with Crippen molar-refractivity contribution in [3.63, 3.8) is 0 Å². The van der Waals surface area contributed by atoms with Crippen molar-refractivity contribution in [3.05, 3.63) is 89.2 Å². The lowest BCUT2D eigenvalue weighted by Crippen LogP contribution is -2.50. The Hall–Kier alpha value is -4.53. The molecule has 12 rings (SSSR count). The highest BCUT2D eigenvalue weighted by atomic mass is 19.1. The predicted octanol–water partition coefficient (Wildman–Crippen LogP) is 11.2. The molecular formula is C44H46F3N3O3. The predicted molar refractivity (Wildman–Crippen MR) is 199 cm³/mol. The summed E-state index contributed by atoms with van der Waals surface area (Å²) in [7, 11) is 0. The van der Waals surface area contributed by atoms with E-state index in [0.29, 0.717) is 70.0 Å². The van der Waals surface area contributed by atoms with Crippen molar-refractivity contribution in [2.75, 3.05) is 17.2 Å². The number of benzene rings is 4. The first kappa shape index (κ1) is 33.1. The first-order valence-corrected chi connectivity index (χ1v) is 19.4. The number of hydrogen-bond donors (Lipinski definition) is 3. The Morgan fingerprint density at radius 2 is 0.736 bits per heavy atom. The number of hydrogen-bond acceptors (Lipinski definition) is 6. The average molecular weight is 722 g/mol. The second-order valence-electron chi connectivity index (χ2n) is 17.7. The molecule has 0 saturated heterocycles. The summed E-state index contributed by atoms with van der Waals surface area (Å²) in [5.41, 5.74) is 19.8. The quantitative estimate of drug-likeness (QED) is 0.156. The van der Waals surface area contributed by atoms with Gasteiger partial charge in [-0.25, -0.2) is 13.2 Å². The molecular weight excluding hydrogens is 675 g/mol. The lowest BCUT2D eigenvalue weighted by Gasteiger charge is -2.59. The molecule has 8 fully saturated rings. The number of nitrogen functional groups attached to an aromatic ring is 3. The molecule has 8 saturated carbocycles. The van der Waals surface area contributed by atoms with Gasteiger partial charge >= 0.3 is 0 Å². The van der Waals surface area contributed by atoms with Crippen LogP contribution in [0.1, 0.15) is 88.2 Å². The second kappa shape index (κ2) is 12.0. The molecule has 6 nitrogen and oxygen atoms in total. The molecule has 8 bridgehead atoms. The van der Waals surface area contributed by atoms with Crippen molar-refractivity contribution in [1.29, 1.82) is 0 Å². The van der Waals surface area contributed by atoms with Gasteiger partial charge in [0.1, 0.15) is 51.9 Å². The highest BCUT2D eigenvalue weighted by Gasteiger charge is 2.58. The Kier molecular flexibility index (Phi) is 7.48. The van der Waals surface area contributed by atoms with E-state index in [0.717, 1.165) is 49.7 Å². The molecule has 9 heteroatoms. The first-order valence-electron chi connectivity index (χ1n) is 19.4. The Balaban J connectivity index is 1.26. The van der Waals surface area contributed by atoms with Crippen molar-refractivity contribution in [2.24, 2.45) is 35.5 Å². The first-order chi connectivity index (χ1) is 25.5. The fourth-order valence-electron chi connectivity index (χ4n) is 12.8. The SMILES string of the molecule is Nc1cc(Oc2cc(Oc3ccc(F)c(N)c3)c(C34CC5CC(CC(C5)C3)C4)c(Oc3ccc(F)c(N)c3)c2C23CC4CC(CC(C4)C2)C3)ccc1F. The van der Waals surface area contributed by atoms with Gasteiger partial charge in [-0.3, -0.25) is 0 Å². The minimum Gasteiger partial charge on any atom is -0.457 e. The normalized spacial score (nSPS) is 31.9. The van der Waals surface area contributed by atoms with Gasteiger partial charge in [0.25, 0.3) is 0 Å². The summed E-state index contributed by atoms with van der Waals surface area (Å²) in [6.45, 7) is 0. The number of halogens is 3. The van der Waals surface area contributed by atoms with E-state index in [9.17, 15) is 13.2 Å². The molecule has 4 aromatic carbocycles. The van der Waals surface area contributed by atoms with E-state index in [4.69, 9.17) is 31.4 Å². The van der Waals surface area contributed by atoms with Crippen LogP contribution in [-0.4, -0.2) is 0 Å². The Bertz CT molecular complexity index is 1940. The van der Waals surface area contributed by atoms with Crippen molar-refractivity contribution in [2.45, 2.75) is 87.9 Å². The molecule has 8 aliphatic carbocycles. The van der Waals surface area contributed by atoms with Gasteiger partial charge in [-0.05, 0) is 149 Å². The smallest absolute Gasteiger partial charge is 0.146 e. The Morgan fingerprint density at radius 3 is 1.04 bits per heavy atom. The van der Waals surface area contributed by atoms with Gasteiger partial charge in [0.2, 0.25) is 0 Å². The third-order valence-electron chi connectivity index (χ3n) is 13.9. The average Bonchev–Trinajstić information content (AvgIpc) is 3.08. The van der Waals surface area contributed by atoms with Crippen LogP contribution in [0.25, 0.3) is 0 Å². The summed E-state index contributed by atoms with van der Waals surface area (Å²) in [6, 6.07) is 15.3. The van der Waals surface area contributed by atoms with Gasteiger partial charge < -0.3 is 31.4 Å². The maximum absolute atomic E-state index is 14.6. The highest BCUT2D eigenvalue weighted by Crippen LogP contribution is 2.69. The molecule has 53 heavy (non-hydrogen) atoms. The zero-order valence-corrected chi connectivity index (χ0v) is 29.8. The van der Waals surface area contributed by atoms with Gasteiger partial charge in [-0.15, -0.1) is 0 Å². The molecule has 6 N–H and O–H groups in total. The molecule has 0 amide bonds. The van der Waals surface area contributed by atoms with Crippen molar-refractivity contribution >= 4 is 17.1 Å². The number of rotatable bonds is 8. The van der Waals surface area contributed by atoms with Crippen LogP contribution in [0.2, 0.25) is 0 Å². The van der Waals surface area contributed by atoms with Crippen LogP contribution < -0.4 is 31.4 Å². The third-order valence-corrected chi connectivity index (χ3v) is 13.9. The topological polar surface area (TPSA) is 106 Å². The second-order valence-corrected chi connectivity index (χ2v) is 17.7. The summed E-state index contributed by atoms with van der Waals surface area (Å²) in [6.07, 6.45) is 13.5. The highest BCUT2D eigenvalue weighted by molar-refractivity contribution is 5.67. The monoisotopic (exact) mass is 721 g/mol. The maximum atomic E-state index is 14.6.